The third-order valence-electron chi connectivity index (χ3n) is 2.53. The highest BCUT2D eigenvalue weighted by molar-refractivity contribution is 5.57. The monoisotopic (exact) mass is 272 g/mol. The van der Waals surface area contributed by atoms with Gasteiger partial charge in [0.15, 0.2) is 5.69 Å². The average Bonchev–Trinajstić information content (AvgIpc) is 2.74. The SMILES string of the molecule is OCCn1cc(C(F)(F)F)nc1-c1ccc(O)cc1. The highest BCUT2D eigenvalue weighted by Gasteiger charge is 2.34. The Balaban J connectivity index is 2.48. The van der Waals surface area contributed by atoms with E-state index in [9.17, 15) is 13.2 Å². The van der Waals surface area contributed by atoms with Crippen LogP contribution in [-0.4, -0.2) is 26.4 Å². The molecule has 19 heavy (non-hydrogen) atoms. The maximum atomic E-state index is 12.6. The van der Waals surface area contributed by atoms with E-state index in [2.05, 4.69) is 4.98 Å². The third kappa shape index (κ3) is 2.87. The Labute approximate surface area is 106 Å². The van der Waals surface area contributed by atoms with Crippen molar-refractivity contribution in [2.75, 3.05) is 6.61 Å². The third-order valence-corrected chi connectivity index (χ3v) is 2.53. The lowest BCUT2D eigenvalue weighted by molar-refractivity contribution is -0.140. The number of aliphatic hydroxyl groups excluding tert-OH is 1. The number of aromatic nitrogens is 2. The molecule has 0 unspecified atom stereocenters. The standard InChI is InChI=1S/C12H11F3N2O2/c13-12(14,15)10-7-17(5-6-18)11(16-10)8-1-3-9(19)4-2-8/h1-4,7,18-19H,5-6H2. The quantitative estimate of drug-likeness (QED) is 0.901. The summed E-state index contributed by atoms with van der Waals surface area (Å²) in [5.74, 6) is 0.112. The molecular formula is C12H11F3N2O2. The summed E-state index contributed by atoms with van der Waals surface area (Å²) in [5.41, 5.74) is -0.578. The highest BCUT2D eigenvalue weighted by atomic mass is 19.4. The molecular weight excluding hydrogens is 261 g/mol. The van der Waals surface area contributed by atoms with Crippen LogP contribution in [0, 0.1) is 0 Å². The van der Waals surface area contributed by atoms with Gasteiger partial charge >= 0.3 is 6.18 Å². The van der Waals surface area contributed by atoms with Gasteiger partial charge in [-0.15, -0.1) is 0 Å². The van der Waals surface area contributed by atoms with E-state index >= 15 is 0 Å². The van der Waals surface area contributed by atoms with Crippen LogP contribution in [0.25, 0.3) is 11.4 Å². The van der Waals surface area contributed by atoms with Crippen molar-refractivity contribution in [1.29, 1.82) is 0 Å². The van der Waals surface area contributed by atoms with Crippen LogP contribution in [0.15, 0.2) is 30.5 Å². The number of alkyl halides is 3. The van der Waals surface area contributed by atoms with Crippen LogP contribution < -0.4 is 0 Å². The van der Waals surface area contributed by atoms with E-state index in [1.54, 1.807) is 0 Å². The summed E-state index contributed by atoms with van der Waals surface area (Å²) in [6, 6.07) is 5.65. The fourth-order valence-corrected chi connectivity index (χ4v) is 1.67. The van der Waals surface area contributed by atoms with E-state index in [4.69, 9.17) is 10.2 Å². The van der Waals surface area contributed by atoms with Gasteiger partial charge < -0.3 is 14.8 Å². The van der Waals surface area contributed by atoms with Gasteiger partial charge in [-0.3, -0.25) is 0 Å². The summed E-state index contributed by atoms with van der Waals surface area (Å²) < 4.78 is 39.1. The lowest BCUT2D eigenvalue weighted by atomic mass is 10.2. The Morgan fingerprint density at radius 1 is 1.16 bits per heavy atom. The van der Waals surface area contributed by atoms with E-state index in [-0.39, 0.29) is 24.7 Å². The Kier molecular flexibility index (Phi) is 3.48. The molecule has 0 aliphatic rings. The maximum Gasteiger partial charge on any atom is 0.434 e. The molecule has 0 saturated carbocycles. The summed E-state index contributed by atoms with van der Waals surface area (Å²) in [6.07, 6.45) is -3.68. The summed E-state index contributed by atoms with van der Waals surface area (Å²) in [5, 5.41) is 18.0. The van der Waals surface area contributed by atoms with Gasteiger partial charge in [0.2, 0.25) is 0 Å². The zero-order valence-corrected chi connectivity index (χ0v) is 9.72. The van der Waals surface area contributed by atoms with E-state index in [1.807, 2.05) is 0 Å². The van der Waals surface area contributed by atoms with Gasteiger partial charge in [-0.2, -0.15) is 13.2 Å². The normalized spacial score (nSPS) is 11.8. The summed E-state index contributed by atoms with van der Waals surface area (Å²) >= 11 is 0. The smallest absolute Gasteiger partial charge is 0.434 e. The van der Waals surface area contributed by atoms with Crippen molar-refractivity contribution < 1.29 is 23.4 Å². The second kappa shape index (κ2) is 4.93. The van der Waals surface area contributed by atoms with Crippen LogP contribution in [0.1, 0.15) is 5.69 Å². The topological polar surface area (TPSA) is 58.3 Å². The van der Waals surface area contributed by atoms with Gasteiger partial charge in [0.05, 0.1) is 6.61 Å². The number of phenolic OH excluding ortho intramolecular Hbond substituents is 1. The second-order valence-corrected chi connectivity index (χ2v) is 3.91. The minimum absolute atomic E-state index is 0.0132. The van der Waals surface area contributed by atoms with Crippen LogP contribution >= 0.6 is 0 Å². The van der Waals surface area contributed by atoms with E-state index in [0.29, 0.717) is 5.56 Å². The Hall–Kier alpha value is -2.02. The molecule has 1 aromatic carbocycles. The van der Waals surface area contributed by atoms with Crippen LogP contribution in [0.3, 0.4) is 0 Å². The Morgan fingerprint density at radius 3 is 2.32 bits per heavy atom. The number of aliphatic hydroxyl groups is 1. The van der Waals surface area contributed by atoms with Crippen molar-refractivity contribution >= 4 is 0 Å². The molecule has 2 aromatic rings. The first kappa shape index (κ1) is 13.4. The van der Waals surface area contributed by atoms with Crippen LogP contribution in [0.2, 0.25) is 0 Å². The van der Waals surface area contributed by atoms with Gasteiger partial charge in [0.25, 0.3) is 0 Å². The minimum atomic E-state index is -4.54. The lowest BCUT2D eigenvalue weighted by Gasteiger charge is -2.05. The molecule has 2 rings (SSSR count). The van der Waals surface area contributed by atoms with Crippen LogP contribution in [0.5, 0.6) is 5.75 Å². The van der Waals surface area contributed by atoms with Gasteiger partial charge in [-0.05, 0) is 24.3 Å². The number of aromatic hydroxyl groups is 1. The highest BCUT2D eigenvalue weighted by Crippen LogP contribution is 2.31. The predicted molar refractivity (Wildman–Crippen MR) is 61.4 cm³/mol. The van der Waals surface area contributed by atoms with Crippen molar-refractivity contribution in [2.45, 2.75) is 12.7 Å². The fraction of sp³-hybridized carbons (Fsp3) is 0.250. The van der Waals surface area contributed by atoms with Crippen molar-refractivity contribution in [1.82, 2.24) is 9.55 Å². The maximum absolute atomic E-state index is 12.6. The van der Waals surface area contributed by atoms with Gasteiger partial charge in [-0.1, -0.05) is 0 Å². The molecule has 4 nitrogen and oxygen atoms in total. The van der Waals surface area contributed by atoms with Crippen molar-refractivity contribution in [3.05, 3.63) is 36.2 Å². The first-order valence-electron chi connectivity index (χ1n) is 5.46. The number of hydrogen-bond acceptors (Lipinski definition) is 3. The van der Waals surface area contributed by atoms with Gasteiger partial charge in [0, 0.05) is 18.3 Å². The molecule has 0 fully saturated rings. The van der Waals surface area contributed by atoms with E-state index in [0.717, 1.165) is 6.20 Å². The zero-order valence-electron chi connectivity index (χ0n) is 9.72. The van der Waals surface area contributed by atoms with E-state index in [1.165, 1.54) is 28.8 Å². The van der Waals surface area contributed by atoms with Crippen molar-refractivity contribution in [3.8, 4) is 17.1 Å². The molecule has 0 saturated heterocycles. The largest absolute Gasteiger partial charge is 0.508 e. The van der Waals surface area contributed by atoms with Crippen molar-refractivity contribution in [3.63, 3.8) is 0 Å². The first-order chi connectivity index (χ1) is 8.91. The molecule has 2 N–H and O–H groups in total. The molecule has 0 aliphatic carbocycles. The van der Waals surface area contributed by atoms with Crippen LogP contribution in [0.4, 0.5) is 13.2 Å². The minimum Gasteiger partial charge on any atom is -0.508 e. The molecule has 1 aromatic heterocycles. The molecule has 0 atom stereocenters. The number of rotatable bonds is 3. The molecule has 1 heterocycles. The zero-order chi connectivity index (χ0) is 14.0. The van der Waals surface area contributed by atoms with E-state index < -0.39 is 11.9 Å². The fourth-order valence-electron chi connectivity index (χ4n) is 1.67. The Morgan fingerprint density at radius 2 is 1.79 bits per heavy atom. The molecule has 7 heteroatoms. The molecule has 0 amide bonds. The number of nitrogens with zero attached hydrogens (tertiary/aromatic N) is 2. The van der Waals surface area contributed by atoms with Crippen molar-refractivity contribution in [2.24, 2.45) is 0 Å². The molecule has 0 aliphatic heterocycles. The summed E-state index contributed by atoms with van der Waals surface area (Å²) in [6.45, 7) is -0.280. The number of phenols is 1. The molecule has 0 radical (unpaired) electrons. The molecule has 102 valence electrons. The number of hydrogen-bond donors (Lipinski definition) is 2. The molecule has 0 bridgehead atoms. The first-order valence-corrected chi connectivity index (χ1v) is 5.46. The number of halogens is 3. The summed E-state index contributed by atoms with van der Waals surface area (Å²) in [7, 11) is 0. The second-order valence-electron chi connectivity index (χ2n) is 3.91. The lowest BCUT2D eigenvalue weighted by Crippen LogP contribution is -2.05. The summed E-state index contributed by atoms with van der Waals surface area (Å²) in [4.78, 5) is 3.55. The Bertz CT molecular complexity index is 561. The number of benzene rings is 1. The number of imidazole rings is 1. The van der Waals surface area contributed by atoms with Gasteiger partial charge in [-0.25, -0.2) is 4.98 Å². The predicted octanol–water partition coefficient (Wildman–Crippen LogP) is 2.27. The van der Waals surface area contributed by atoms with Gasteiger partial charge in [0.1, 0.15) is 11.6 Å². The average molecular weight is 272 g/mol. The molecule has 0 spiro atoms. The van der Waals surface area contributed by atoms with Crippen LogP contribution in [-0.2, 0) is 12.7 Å².